The third-order valence-electron chi connectivity index (χ3n) is 4.18. The van der Waals surface area contributed by atoms with Crippen molar-refractivity contribution in [3.8, 4) is 0 Å². The zero-order chi connectivity index (χ0) is 13.9. The fourth-order valence-corrected chi connectivity index (χ4v) is 2.54. The van der Waals surface area contributed by atoms with Gasteiger partial charge in [0.05, 0.1) is 0 Å². The number of hydrogen-bond donors (Lipinski definition) is 2. The molecule has 1 aromatic carbocycles. The van der Waals surface area contributed by atoms with Crippen LogP contribution in [-0.2, 0) is 6.54 Å². The Balaban J connectivity index is 1.96. The zero-order valence-electron chi connectivity index (χ0n) is 11.8. The van der Waals surface area contributed by atoms with E-state index in [1.807, 2.05) is 19.2 Å². The van der Waals surface area contributed by atoms with E-state index in [9.17, 15) is 4.79 Å². The van der Waals surface area contributed by atoms with Crippen LogP contribution in [0.5, 0.6) is 0 Å². The summed E-state index contributed by atoms with van der Waals surface area (Å²) in [5, 5.41) is 3.40. The highest BCUT2D eigenvalue weighted by atomic mass is 16.1. The number of benzene rings is 1. The minimum absolute atomic E-state index is 0.269. The van der Waals surface area contributed by atoms with Gasteiger partial charge in [-0.05, 0) is 44.5 Å². The van der Waals surface area contributed by atoms with E-state index >= 15 is 0 Å². The second-order valence-corrected chi connectivity index (χ2v) is 5.65. The third-order valence-corrected chi connectivity index (χ3v) is 4.18. The molecule has 0 radical (unpaired) electrons. The van der Waals surface area contributed by atoms with E-state index in [1.165, 1.54) is 0 Å². The molecule has 0 saturated carbocycles. The number of piperidine rings is 1. The molecule has 0 bridgehead atoms. The molecule has 1 heterocycles. The number of carbonyl (C=O) groups excluding carboxylic acids is 1. The van der Waals surface area contributed by atoms with Gasteiger partial charge in [0.2, 0.25) is 5.91 Å². The summed E-state index contributed by atoms with van der Waals surface area (Å²) < 4.78 is 0. The molecule has 0 unspecified atom stereocenters. The van der Waals surface area contributed by atoms with E-state index < -0.39 is 0 Å². The Kier molecular flexibility index (Phi) is 4.22. The first-order valence-electron chi connectivity index (χ1n) is 6.82. The Morgan fingerprint density at radius 1 is 1.42 bits per heavy atom. The SMILES string of the molecule is CNC1(C)CCN(Cc2cccc(C(N)=O)c2)CC1. The van der Waals surface area contributed by atoms with Gasteiger partial charge in [0.15, 0.2) is 0 Å². The van der Waals surface area contributed by atoms with E-state index in [-0.39, 0.29) is 11.4 Å². The second kappa shape index (κ2) is 5.72. The van der Waals surface area contributed by atoms with Gasteiger partial charge in [-0.25, -0.2) is 0 Å². The highest BCUT2D eigenvalue weighted by Gasteiger charge is 2.27. The van der Waals surface area contributed by atoms with Crippen molar-refractivity contribution in [1.29, 1.82) is 0 Å². The number of nitrogens with two attached hydrogens (primary N) is 1. The molecule has 1 aliphatic rings. The van der Waals surface area contributed by atoms with Crippen LogP contribution >= 0.6 is 0 Å². The quantitative estimate of drug-likeness (QED) is 0.860. The van der Waals surface area contributed by atoms with E-state index in [1.54, 1.807) is 6.07 Å². The molecular weight excluding hydrogens is 238 g/mol. The third kappa shape index (κ3) is 3.55. The zero-order valence-corrected chi connectivity index (χ0v) is 11.8. The minimum Gasteiger partial charge on any atom is -0.366 e. The van der Waals surface area contributed by atoms with Crippen molar-refractivity contribution in [1.82, 2.24) is 10.2 Å². The molecular formula is C15H23N3O. The molecule has 2 rings (SSSR count). The lowest BCUT2D eigenvalue weighted by atomic mass is 9.90. The lowest BCUT2D eigenvalue weighted by Crippen LogP contribution is -2.49. The second-order valence-electron chi connectivity index (χ2n) is 5.65. The highest BCUT2D eigenvalue weighted by Crippen LogP contribution is 2.22. The smallest absolute Gasteiger partial charge is 0.248 e. The summed E-state index contributed by atoms with van der Waals surface area (Å²) in [5.74, 6) is -0.358. The Hall–Kier alpha value is -1.39. The Labute approximate surface area is 115 Å². The summed E-state index contributed by atoms with van der Waals surface area (Å²) >= 11 is 0. The average Bonchev–Trinajstić information content (AvgIpc) is 2.42. The molecule has 0 aliphatic carbocycles. The summed E-state index contributed by atoms with van der Waals surface area (Å²) in [6.07, 6.45) is 2.30. The molecule has 1 saturated heterocycles. The molecule has 1 aromatic rings. The topological polar surface area (TPSA) is 58.4 Å². The van der Waals surface area contributed by atoms with Crippen molar-refractivity contribution < 1.29 is 4.79 Å². The van der Waals surface area contributed by atoms with Crippen molar-refractivity contribution in [2.24, 2.45) is 5.73 Å². The van der Waals surface area contributed by atoms with Crippen molar-refractivity contribution in [2.45, 2.75) is 31.8 Å². The van der Waals surface area contributed by atoms with Gasteiger partial charge in [-0.1, -0.05) is 12.1 Å². The van der Waals surface area contributed by atoms with E-state index in [0.29, 0.717) is 5.56 Å². The lowest BCUT2D eigenvalue weighted by Gasteiger charge is -2.39. The number of rotatable bonds is 4. The van der Waals surface area contributed by atoms with Crippen LogP contribution < -0.4 is 11.1 Å². The number of hydrogen-bond acceptors (Lipinski definition) is 3. The standard InChI is InChI=1S/C15H23N3O/c1-15(17-2)6-8-18(9-7-15)11-12-4-3-5-13(10-12)14(16)19/h3-5,10,17H,6-9,11H2,1-2H3,(H2,16,19). The molecule has 0 atom stereocenters. The number of carbonyl (C=O) groups is 1. The van der Waals surface area contributed by atoms with Gasteiger partial charge in [0.25, 0.3) is 0 Å². The fraction of sp³-hybridized carbons (Fsp3) is 0.533. The highest BCUT2D eigenvalue weighted by molar-refractivity contribution is 5.92. The van der Waals surface area contributed by atoms with Crippen LogP contribution in [0.4, 0.5) is 0 Å². The first-order chi connectivity index (χ1) is 9.02. The molecule has 0 spiro atoms. The van der Waals surface area contributed by atoms with E-state index in [0.717, 1.165) is 38.0 Å². The van der Waals surface area contributed by atoms with Crippen LogP contribution in [0.25, 0.3) is 0 Å². The molecule has 1 fully saturated rings. The maximum atomic E-state index is 11.2. The van der Waals surface area contributed by atoms with Crippen molar-refractivity contribution in [2.75, 3.05) is 20.1 Å². The fourth-order valence-electron chi connectivity index (χ4n) is 2.54. The number of nitrogens with zero attached hydrogens (tertiary/aromatic N) is 1. The Morgan fingerprint density at radius 3 is 2.68 bits per heavy atom. The van der Waals surface area contributed by atoms with Gasteiger partial charge >= 0.3 is 0 Å². The molecule has 1 aliphatic heterocycles. The summed E-state index contributed by atoms with van der Waals surface area (Å²) in [6, 6.07) is 7.61. The summed E-state index contributed by atoms with van der Waals surface area (Å²) in [5.41, 5.74) is 7.33. The van der Waals surface area contributed by atoms with Gasteiger partial charge in [0, 0.05) is 30.7 Å². The number of amides is 1. The molecule has 4 heteroatoms. The van der Waals surface area contributed by atoms with Crippen molar-refractivity contribution in [3.63, 3.8) is 0 Å². The van der Waals surface area contributed by atoms with E-state index in [2.05, 4.69) is 23.2 Å². The van der Waals surface area contributed by atoms with Crippen molar-refractivity contribution >= 4 is 5.91 Å². The molecule has 19 heavy (non-hydrogen) atoms. The first-order valence-corrected chi connectivity index (χ1v) is 6.82. The lowest BCUT2D eigenvalue weighted by molar-refractivity contribution is 0.1000. The molecule has 1 amide bonds. The Bertz CT molecular complexity index is 450. The van der Waals surface area contributed by atoms with Crippen molar-refractivity contribution in [3.05, 3.63) is 35.4 Å². The van der Waals surface area contributed by atoms with Gasteiger partial charge < -0.3 is 11.1 Å². The normalized spacial score (nSPS) is 19.3. The van der Waals surface area contributed by atoms with Gasteiger partial charge in [-0.3, -0.25) is 9.69 Å². The maximum Gasteiger partial charge on any atom is 0.248 e. The molecule has 104 valence electrons. The number of nitrogens with one attached hydrogen (secondary N) is 1. The average molecular weight is 261 g/mol. The minimum atomic E-state index is -0.358. The number of likely N-dealkylation sites (tertiary alicyclic amines) is 1. The molecule has 3 N–H and O–H groups in total. The largest absolute Gasteiger partial charge is 0.366 e. The maximum absolute atomic E-state index is 11.2. The summed E-state index contributed by atoms with van der Waals surface area (Å²) in [4.78, 5) is 13.6. The Morgan fingerprint density at radius 2 is 2.11 bits per heavy atom. The van der Waals surface area contributed by atoms with Crippen LogP contribution in [-0.4, -0.2) is 36.5 Å². The van der Waals surface area contributed by atoms with Gasteiger partial charge in [-0.15, -0.1) is 0 Å². The van der Waals surface area contributed by atoms with Gasteiger partial charge in [0.1, 0.15) is 0 Å². The first kappa shape index (κ1) is 14.0. The predicted octanol–water partition coefficient (Wildman–Crippen LogP) is 1.36. The molecule has 4 nitrogen and oxygen atoms in total. The van der Waals surface area contributed by atoms with E-state index in [4.69, 9.17) is 5.73 Å². The molecule has 0 aromatic heterocycles. The monoisotopic (exact) mass is 261 g/mol. The van der Waals surface area contributed by atoms with Gasteiger partial charge in [-0.2, -0.15) is 0 Å². The number of primary amides is 1. The van der Waals surface area contributed by atoms with Crippen LogP contribution in [0.15, 0.2) is 24.3 Å². The predicted molar refractivity (Wildman–Crippen MR) is 76.9 cm³/mol. The van der Waals surface area contributed by atoms with Crippen LogP contribution in [0.2, 0.25) is 0 Å². The van der Waals surface area contributed by atoms with Crippen LogP contribution in [0.3, 0.4) is 0 Å². The van der Waals surface area contributed by atoms with Crippen LogP contribution in [0.1, 0.15) is 35.7 Å². The summed E-state index contributed by atoms with van der Waals surface area (Å²) in [7, 11) is 2.03. The van der Waals surface area contributed by atoms with Crippen LogP contribution in [0, 0.1) is 0 Å². The summed E-state index contributed by atoms with van der Waals surface area (Å²) in [6.45, 7) is 5.33.